The third-order valence-electron chi connectivity index (χ3n) is 9.30. The lowest BCUT2D eigenvalue weighted by Gasteiger charge is -2.34. The highest BCUT2D eigenvalue weighted by Crippen LogP contribution is 2.58. The summed E-state index contributed by atoms with van der Waals surface area (Å²) in [6.07, 6.45) is 16.6. The number of likely N-dealkylation sites (tertiary alicyclic amines) is 1. The molecule has 0 aromatic carbocycles. The summed E-state index contributed by atoms with van der Waals surface area (Å²) in [6.45, 7) is 6.36. The van der Waals surface area contributed by atoms with E-state index in [0.29, 0.717) is 18.4 Å². The Kier molecular flexibility index (Phi) is 8.41. The number of rotatable bonds is 8. The first kappa shape index (κ1) is 27.4. The molecule has 8 heteroatoms. The second-order valence-corrected chi connectivity index (χ2v) is 13.3. The molecule has 3 heterocycles. The van der Waals surface area contributed by atoms with E-state index in [2.05, 4.69) is 33.1 Å². The Morgan fingerprint density at radius 1 is 1.15 bits per heavy atom. The highest BCUT2D eigenvalue weighted by molar-refractivity contribution is 8.19. The van der Waals surface area contributed by atoms with Crippen molar-refractivity contribution in [3.05, 3.63) is 56.2 Å². The predicted octanol–water partition coefficient (Wildman–Crippen LogP) is 5.99. The topological polar surface area (TPSA) is 65.4 Å². The summed E-state index contributed by atoms with van der Waals surface area (Å²) < 4.78 is 5.34. The molecule has 0 bridgehead atoms. The summed E-state index contributed by atoms with van der Waals surface area (Å²) >= 11 is 8.28. The first-order valence-corrected chi connectivity index (χ1v) is 15.9. The fourth-order valence-electron chi connectivity index (χ4n) is 7.42. The van der Waals surface area contributed by atoms with Gasteiger partial charge in [-0.2, -0.15) is 0 Å². The van der Waals surface area contributed by atoms with E-state index in [4.69, 9.17) is 16.3 Å². The number of hydrogen-bond acceptors (Lipinski definition) is 6. The third kappa shape index (κ3) is 5.57. The van der Waals surface area contributed by atoms with Crippen LogP contribution in [0, 0.1) is 17.8 Å². The zero-order valence-corrected chi connectivity index (χ0v) is 24.5. The minimum atomic E-state index is -0.929. The second kappa shape index (κ2) is 12.0. The van der Waals surface area contributed by atoms with Crippen LogP contribution in [0.15, 0.2) is 61.1 Å². The minimum absolute atomic E-state index is 0.0779. The van der Waals surface area contributed by atoms with Gasteiger partial charge in [0.1, 0.15) is 0 Å². The first-order valence-electron chi connectivity index (χ1n) is 14.7. The summed E-state index contributed by atoms with van der Waals surface area (Å²) in [7, 11) is 1.79. The van der Waals surface area contributed by atoms with Crippen LogP contribution in [0.3, 0.4) is 0 Å². The molecule has 39 heavy (non-hydrogen) atoms. The number of carbonyl (C=O) groups is 1. The number of fused-ring (bicyclic) bond motifs is 4. The lowest BCUT2D eigenvalue weighted by Crippen LogP contribution is -2.40. The Morgan fingerprint density at radius 2 is 2.00 bits per heavy atom. The number of methoxy groups -OCH3 is 1. The van der Waals surface area contributed by atoms with Crippen molar-refractivity contribution in [2.45, 2.75) is 51.4 Å². The van der Waals surface area contributed by atoms with Gasteiger partial charge in [0.05, 0.1) is 6.54 Å². The first-order chi connectivity index (χ1) is 19.0. The van der Waals surface area contributed by atoms with Crippen LogP contribution in [0.2, 0.25) is 0 Å². The van der Waals surface area contributed by atoms with Gasteiger partial charge in [0.15, 0.2) is 5.04 Å². The lowest BCUT2D eigenvalue weighted by molar-refractivity contribution is -0.129. The number of nitrogens with zero attached hydrogens (tertiary/aromatic N) is 3. The summed E-state index contributed by atoms with van der Waals surface area (Å²) in [5.74, 6) is 0.372. The molecule has 3 aliphatic heterocycles. The normalized spacial score (nSPS) is 27.9. The monoisotopic (exact) mass is 569 g/mol. The van der Waals surface area contributed by atoms with Crippen molar-refractivity contribution in [2.24, 2.45) is 22.7 Å². The SMILES string of the molecule is COCCC1CCCN(CCN2C=C3C(=C(C4CCCCC4)C4=CC=C(Cl)[C@H]34)C3=C(CN=C(C(=O)O)S3)C2)C1. The van der Waals surface area contributed by atoms with Crippen molar-refractivity contribution in [3.8, 4) is 0 Å². The Morgan fingerprint density at radius 3 is 2.79 bits per heavy atom. The van der Waals surface area contributed by atoms with Gasteiger partial charge in [-0.05, 0) is 84.4 Å². The highest BCUT2D eigenvalue weighted by atomic mass is 35.5. The number of aliphatic carboxylic acids is 1. The number of halogens is 1. The molecule has 0 aromatic heterocycles. The van der Waals surface area contributed by atoms with E-state index in [1.54, 1.807) is 7.11 Å². The zero-order chi connectivity index (χ0) is 26.9. The van der Waals surface area contributed by atoms with Gasteiger partial charge in [-0.3, -0.25) is 4.99 Å². The highest BCUT2D eigenvalue weighted by Gasteiger charge is 2.44. The minimum Gasteiger partial charge on any atom is -0.476 e. The molecule has 0 aromatic rings. The average Bonchev–Trinajstić information content (AvgIpc) is 3.43. The Bertz CT molecular complexity index is 1190. The van der Waals surface area contributed by atoms with E-state index in [9.17, 15) is 9.90 Å². The van der Waals surface area contributed by atoms with Crippen LogP contribution in [0.1, 0.15) is 51.4 Å². The molecule has 210 valence electrons. The Labute approximate surface area is 241 Å². The number of piperidine rings is 1. The van der Waals surface area contributed by atoms with Crippen LogP contribution in [0.25, 0.3) is 0 Å². The predicted molar refractivity (Wildman–Crippen MR) is 159 cm³/mol. The molecule has 6 nitrogen and oxygen atoms in total. The van der Waals surface area contributed by atoms with E-state index in [1.807, 2.05) is 0 Å². The summed E-state index contributed by atoms with van der Waals surface area (Å²) in [5, 5.41) is 10.9. The fraction of sp³-hybridized carbons (Fsp3) is 0.613. The van der Waals surface area contributed by atoms with Crippen molar-refractivity contribution in [1.82, 2.24) is 9.80 Å². The molecule has 1 unspecified atom stereocenters. The largest absolute Gasteiger partial charge is 0.476 e. The molecule has 0 spiro atoms. The van der Waals surface area contributed by atoms with Gasteiger partial charge in [-0.1, -0.05) is 48.7 Å². The standard InChI is InChI=1S/C31H40ClN3O3S/c1-38-15-11-20-6-5-12-34(17-20)13-14-35-18-22-16-33-30(31(36)37)39-29(22)28-24(19-35)27-23(9-10-25(27)32)26(28)21-7-3-2-4-8-21/h9-10,19-21,27H,2-8,11-18H2,1H3,(H,36,37)/t20?,27-/m0/s1. The Hall–Kier alpha value is -1.80. The van der Waals surface area contributed by atoms with E-state index < -0.39 is 5.97 Å². The van der Waals surface area contributed by atoms with Crippen molar-refractivity contribution < 1.29 is 14.6 Å². The molecule has 1 saturated carbocycles. The van der Waals surface area contributed by atoms with Crippen LogP contribution >= 0.6 is 23.4 Å². The van der Waals surface area contributed by atoms with Crippen LogP contribution in [0.5, 0.6) is 0 Å². The van der Waals surface area contributed by atoms with E-state index >= 15 is 0 Å². The molecule has 3 aliphatic carbocycles. The van der Waals surface area contributed by atoms with Crippen molar-refractivity contribution >= 4 is 34.4 Å². The molecule has 6 aliphatic rings. The van der Waals surface area contributed by atoms with Crippen molar-refractivity contribution in [3.63, 3.8) is 0 Å². The number of carboxylic acids is 1. The quantitative estimate of drug-likeness (QED) is 0.387. The lowest BCUT2D eigenvalue weighted by atomic mass is 9.80. The molecular formula is C31H40ClN3O3S. The molecule has 2 atom stereocenters. The van der Waals surface area contributed by atoms with Gasteiger partial charge >= 0.3 is 5.97 Å². The van der Waals surface area contributed by atoms with Gasteiger partial charge in [-0.25, -0.2) is 4.79 Å². The molecule has 2 fully saturated rings. The van der Waals surface area contributed by atoms with Gasteiger partial charge in [0, 0.05) is 62.0 Å². The van der Waals surface area contributed by atoms with Crippen molar-refractivity contribution in [2.75, 3.05) is 53.0 Å². The number of ether oxygens (including phenoxy) is 1. The summed E-state index contributed by atoms with van der Waals surface area (Å²) in [6, 6.07) is 0. The van der Waals surface area contributed by atoms with E-state index in [0.717, 1.165) is 55.7 Å². The second-order valence-electron chi connectivity index (χ2n) is 11.8. The van der Waals surface area contributed by atoms with Crippen LogP contribution in [-0.4, -0.2) is 78.9 Å². The number of thioether (sulfide) groups is 1. The zero-order valence-electron chi connectivity index (χ0n) is 23.0. The summed E-state index contributed by atoms with van der Waals surface area (Å²) in [5.41, 5.74) is 6.57. The molecule has 1 saturated heterocycles. The van der Waals surface area contributed by atoms with Crippen LogP contribution < -0.4 is 0 Å². The number of carboxylic acid groups (broad SMARTS) is 1. The Balaban J connectivity index is 1.32. The molecule has 0 amide bonds. The molecule has 6 rings (SSSR count). The van der Waals surface area contributed by atoms with E-state index in [1.165, 1.54) is 84.6 Å². The van der Waals surface area contributed by atoms with Gasteiger partial charge in [0.2, 0.25) is 0 Å². The molecular weight excluding hydrogens is 530 g/mol. The number of hydrogen-bond donors (Lipinski definition) is 1. The number of allylic oxidation sites excluding steroid dienone is 7. The van der Waals surface area contributed by atoms with Crippen LogP contribution in [-0.2, 0) is 9.53 Å². The maximum absolute atomic E-state index is 12.0. The van der Waals surface area contributed by atoms with Gasteiger partial charge in [-0.15, -0.1) is 0 Å². The smallest absolute Gasteiger partial charge is 0.361 e. The third-order valence-corrected chi connectivity index (χ3v) is 10.8. The van der Waals surface area contributed by atoms with Crippen molar-refractivity contribution in [1.29, 1.82) is 0 Å². The number of aliphatic imine (C=N–C) groups is 1. The van der Waals surface area contributed by atoms with Gasteiger partial charge < -0.3 is 19.6 Å². The molecule has 1 N–H and O–H groups in total. The maximum atomic E-state index is 12.0. The summed E-state index contributed by atoms with van der Waals surface area (Å²) in [4.78, 5) is 22.7. The van der Waals surface area contributed by atoms with Crippen LogP contribution in [0.4, 0.5) is 0 Å². The maximum Gasteiger partial charge on any atom is 0.361 e. The average molecular weight is 570 g/mol. The fourth-order valence-corrected chi connectivity index (χ4v) is 8.73. The van der Waals surface area contributed by atoms with E-state index in [-0.39, 0.29) is 11.0 Å². The van der Waals surface area contributed by atoms with Gasteiger partial charge in [0.25, 0.3) is 0 Å². The molecule has 0 radical (unpaired) electrons.